The van der Waals surface area contributed by atoms with E-state index in [0.717, 1.165) is 19.6 Å². The minimum Gasteiger partial charge on any atom is -0.395 e. The van der Waals surface area contributed by atoms with Crippen LogP contribution in [-0.2, 0) is 4.74 Å². The minimum absolute atomic E-state index is 0.0902. The molecule has 2 rings (SSSR count). The van der Waals surface area contributed by atoms with Crippen molar-refractivity contribution in [3.63, 3.8) is 0 Å². The molecule has 1 aliphatic rings. The number of morpholine rings is 1. The number of amides is 1. The number of aliphatic hydroxyl groups excluding tert-OH is 1. The first-order chi connectivity index (χ1) is 10.6. The number of benzene rings is 1. The molecular formula is C15H20Cl2N2O3. The third-order valence-corrected chi connectivity index (χ3v) is 4.17. The largest absolute Gasteiger partial charge is 0.395 e. The van der Waals surface area contributed by atoms with Crippen molar-refractivity contribution in [2.75, 3.05) is 52.5 Å². The maximum absolute atomic E-state index is 12.6. The summed E-state index contributed by atoms with van der Waals surface area (Å²) in [7, 11) is 0. The van der Waals surface area contributed by atoms with Crippen molar-refractivity contribution in [1.82, 2.24) is 9.80 Å². The maximum Gasteiger partial charge on any atom is 0.255 e. The molecule has 0 atom stereocenters. The summed E-state index contributed by atoms with van der Waals surface area (Å²) in [4.78, 5) is 16.5. The number of hydrogen-bond donors (Lipinski definition) is 1. The Morgan fingerprint density at radius 1 is 1.27 bits per heavy atom. The number of ether oxygens (including phenoxy) is 1. The van der Waals surface area contributed by atoms with Gasteiger partial charge in [0.1, 0.15) is 0 Å². The lowest BCUT2D eigenvalue weighted by Crippen LogP contribution is -2.44. The smallest absolute Gasteiger partial charge is 0.255 e. The standard InChI is InChI=1S/C15H20Cl2N2O3/c16-12-1-2-14(17)13(11-12)15(21)19(5-8-20)4-3-18-6-9-22-10-7-18/h1-2,11,20H,3-10H2. The fourth-order valence-corrected chi connectivity index (χ4v) is 2.72. The van der Waals surface area contributed by atoms with Crippen molar-refractivity contribution in [2.24, 2.45) is 0 Å². The second-order valence-electron chi connectivity index (χ2n) is 5.09. The van der Waals surface area contributed by atoms with E-state index < -0.39 is 0 Å². The maximum atomic E-state index is 12.6. The molecule has 122 valence electrons. The van der Waals surface area contributed by atoms with Crippen LogP contribution in [0.15, 0.2) is 18.2 Å². The molecule has 1 aromatic carbocycles. The first-order valence-electron chi connectivity index (χ1n) is 7.27. The van der Waals surface area contributed by atoms with Gasteiger partial charge >= 0.3 is 0 Å². The molecule has 1 amide bonds. The van der Waals surface area contributed by atoms with Crippen LogP contribution in [0.3, 0.4) is 0 Å². The molecule has 0 aliphatic carbocycles. The summed E-state index contributed by atoms with van der Waals surface area (Å²) < 4.78 is 5.31. The Bertz CT molecular complexity index is 508. The molecule has 0 radical (unpaired) electrons. The Hall–Kier alpha value is -0.850. The SMILES string of the molecule is O=C(c1cc(Cl)ccc1Cl)N(CCO)CCN1CCOCC1. The number of halogens is 2. The van der Waals surface area contributed by atoms with Crippen LogP contribution in [0, 0.1) is 0 Å². The summed E-state index contributed by atoms with van der Waals surface area (Å²) in [5.74, 6) is -0.213. The van der Waals surface area contributed by atoms with E-state index in [9.17, 15) is 9.90 Å². The van der Waals surface area contributed by atoms with Crippen LogP contribution in [-0.4, -0.2) is 73.4 Å². The van der Waals surface area contributed by atoms with Gasteiger partial charge in [-0.1, -0.05) is 23.2 Å². The Morgan fingerprint density at radius 2 is 2.00 bits per heavy atom. The summed E-state index contributed by atoms with van der Waals surface area (Å²) in [6, 6.07) is 4.81. The monoisotopic (exact) mass is 346 g/mol. The van der Waals surface area contributed by atoms with Crippen LogP contribution in [0.5, 0.6) is 0 Å². The molecule has 1 N–H and O–H groups in total. The lowest BCUT2D eigenvalue weighted by molar-refractivity contribution is 0.0315. The highest BCUT2D eigenvalue weighted by atomic mass is 35.5. The average molecular weight is 347 g/mol. The highest BCUT2D eigenvalue weighted by molar-refractivity contribution is 6.35. The van der Waals surface area contributed by atoms with E-state index in [2.05, 4.69) is 4.90 Å². The number of hydrogen-bond acceptors (Lipinski definition) is 4. The Morgan fingerprint density at radius 3 is 2.68 bits per heavy atom. The van der Waals surface area contributed by atoms with Gasteiger partial charge in [-0.3, -0.25) is 9.69 Å². The van der Waals surface area contributed by atoms with Gasteiger partial charge in [-0.2, -0.15) is 0 Å². The summed E-state index contributed by atoms with van der Waals surface area (Å²) in [6.07, 6.45) is 0. The van der Waals surface area contributed by atoms with Gasteiger partial charge in [0.2, 0.25) is 0 Å². The molecule has 0 aromatic heterocycles. The zero-order valence-electron chi connectivity index (χ0n) is 12.3. The number of carbonyl (C=O) groups excluding carboxylic acids is 1. The Labute approximate surface area is 140 Å². The fourth-order valence-electron chi connectivity index (χ4n) is 2.35. The Kier molecular flexibility index (Phi) is 6.92. The van der Waals surface area contributed by atoms with Crippen LogP contribution < -0.4 is 0 Å². The highest BCUT2D eigenvalue weighted by Gasteiger charge is 2.20. The molecule has 0 spiro atoms. The van der Waals surface area contributed by atoms with Crippen LogP contribution >= 0.6 is 23.2 Å². The fraction of sp³-hybridized carbons (Fsp3) is 0.533. The molecule has 1 fully saturated rings. The second kappa shape index (κ2) is 8.70. The van der Waals surface area contributed by atoms with Crippen molar-refractivity contribution in [2.45, 2.75) is 0 Å². The van der Waals surface area contributed by atoms with Gasteiger partial charge in [-0.15, -0.1) is 0 Å². The number of carbonyl (C=O) groups is 1. The first kappa shape index (κ1) is 17.5. The highest BCUT2D eigenvalue weighted by Crippen LogP contribution is 2.22. The van der Waals surface area contributed by atoms with Crippen molar-refractivity contribution < 1.29 is 14.6 Å². The van der Waals surface area contributed by atoms with E-state index in [0.29, 0.717) is 35.4 Å². The predicted molar refractivity (Wildman–Crippen MR) is 86.7 cm³/mol. The number of nitrogens with zero attached hydrogens (tertiary/aromatic N) is 2. The summed E-state index contributed by atoms with van der Waals surface area (Å²) in [5.41, 5.74) is 0.365. The summed E-state index contributed by atoms with van der Waals surface area (Å²) >= 11 is 12.0. The normalized spacial score (nSPS) is 15.8. The zero-order chi connectivity index (χ0) is 15.9. The molecule has 0 saturated carbocycles. The van der Waals surface area contributed by atoms with Crippen LogP contribution in [0.1, 0.15) is 10.4 Å². The molecular weight excluding hydrogens is 327 g/mol. The molecule has 22 heavy (non-hydrogen) atoms. The van der Waals surface area contributed by atoms with Crippen LogP contribution in [0.4, 0.5) is 0 Å². The van der Waals surface area contributed by atoms with Crippen LogP contribution in [0.2, 0.25) is 10.0 Å². The van der Waals surface area contributed by atoms with E-state index in [4.69, 9.17) is 27.9 Å². The van der Waals surface area contributed by atoms with E-state index in [-0.39, 0.29) is 19.1 Å². The van der Waals surface area contributed by atoms with E-state index in [1.54, 1.807) is 23.1 Å². The molecule has 7 heteroatoms. The third kappa shape index (κ3) is 4.83. The molecule has 0 bridgehead atoms. The summed E-state index contributed by atoms with van der Waals surface area (Å²) in [5, 5.41) is 10.0. The van der Waals surface area contributed by atoms with Gasteiger partial charge < -0.3 is 14.7 Å². The third-order valence-electron chi connectivity index (χ3n) is 3.61. The Balaban J connectivity index is 2.02. The second-order valence-corrected chi connectivity index (χ2v) is 5.94. The lowest BCUT2D eigenvalue weighted by Gasteiger charge is -2.30. The number of aliphatic hydroxyl groups is 1. The molecule has 0 unspecified atom stereocenters. The van der Waals surface area contributed by atoms with Gasteiger partial charge in [0.15, 0.2) is 0 Å². The van der Waals surface area contributed by atoms with Crippen molar-refractivity contribution in [3.05, 3.63) is 33.8 Å². The molecule has 1 saturated heterocycles. The lowest BCUT2D eigenvalue weighted by atomic mass is 10.2. The first-order valence-corrected chi connectivity index (χ1v) is 8.02. The summed E-state index contributed by atoms with van der Waals surface area (Å²) in [6.45, 7) is 4.61. The van der Waals surface area contributed by atoms with Gasteiger partial charge in [-0.05, 0) is 18.2 Å². The van der Waals surface area contributed by atoms with Crippen molar-refractivity contribution in [1.29, 1.82) is 0 Å². The van der Waals surface area contributed by atoms with Gasteiger partial charge in [0.05, 0.1) is 30.4 Å². The van der Waals surface area contributed by atoms with Gasteiger partial charge in [0, 0.05) is 37.7 Å². The topological polar surface area (TPSA) is 53.0 Å². The van der Waals surface area contributed by atoms with E-state index in [1.807, 2.05) is 0 Å². The molecule has 5 nitrogen and oxygen atoms in total. The van der Waals surface area contributed by atoms with Crippen molar-refractivity contribution >= 4 is 29.1 Å². The minimum atomic E-state index is -0.213. The zero-order valence-corrected chi connectivity index (χ0v) is 13.8. The van der Waals surface area contributed by atoms with Crippen LogP contribution in [0.25, 0.3) is 0 Å². The average Bonchev–Trinajstić information content (AvgIpc) is 2.54. The van der Waals surface area contributed by atoms with Gasteiger partial charge in [0.25, 0.3) is 5.91 Å². The van der Waals surface area contributed by atoms with Gasteiger partial charge in [-0.25, -0.2) is 0 Å². The number of rotatable bonds is 6. The molecule has 1 aliphatic heterocycles. The van der Waals surface area contributed by atoms with Crippen molar-refractivity contribution in [3.8, 4) is 0 Å². The predicted octanol–water partition coefficient (Wildman–Crippen LogP) is 1.76. The quantitative estimate of drug-likeness (QED) is 0.852. The molecule has 1 heterocycles. The van der Waals surface area contributed by atoms with E-state index >= 15 is 0 Å². The molecule has 1 aromatic rings. The van der Waals surface area contributed by atoms with E-state index in [1.165, 1.54) is 0 Å².